The summed E-state index contributed by atoms with van der Waals surface area (Å²) in [5.41, 5.74) is 6.03. The fourth-order valence-corrected chi connectivity index (χ4v) is 2.60. The van der Waals surface area contributed by atoms with Gasteiger partial charge in [-0.05, 0) is 17.7 Å². The molecule has 0 unspecified atom stereocenters. The molecule has 0 radical (unpaired) electrons. The van der Waals surface area contributed by atoms with E-state index < -0.39 is 0 Å². The van der Waals surface area contributed by atoms with Crippen LogP contribution in [0.5, 0.6) is 0 Å². The minimum atomic E-state index is 0.0240. The molecule has 0 amide bonds. The van der Waals surface area contributed by atoms with Crippen LogP contribution in [0, 0.1) is 0 Å². The third-order valence-electron chi connectivity index (χ3n) is 1.52. The van der Waals surface area contributed by atoms with Gasteiger partial charge in [0.05, 0.1) is 9.90 Å². The summed E-state index contributed by atoms with van der Waals surface area (Å²) >= 11 is 18.6. The monoisotopic (exact) mass is 280 g/mol. The zero-order chi connectivity index (χ0) is 11.0. The quantitative estimate of drug-likeness (QED) is 0.872. The van der Waals surface area contributed by atoms with Crippen molar-refractivity contribution in [2.75, 3.05) is 5.73 Å². The number of thiophene rings is 1. The van der Waals surface area contributed by atoms with E-state index >= 15 is 0 Å². The molecule has 8 heteroatoms. The van der Waals surface area contributed by atoms with E-state index in [-0.39, 0.29) is 11.2 Å². The molecule has 0 fully saturated rings. The molecule has 15 heavy (non-hydrogen) atoms. The number of nitrogens with two attached hydrogens (primary N) is 1. The normalized spacial score (nSPS) is 10.6. The lowest BCUT2D eigenvalue weighted by Gasteiger charge is -1.98. The molecule has 0 atom stereocenters. The number of anilines is 1. The third kappa shape index (κ3) is 2.31. The van der Waals surface area contributed by atoms with Gasteiger partial charge in [0.25, 0.3) is 0 Å². The zero-order valence-electron chi connectivity index (χ0n) is 7.04. The Morgan fingerprint density at radius 3 is 2.40 bits per heavy atom. The standard InChI is InChI=1S/C7H3Cl3N4S/c8-3-1-2(4(9)15-3)5-12-6(10)14-7(11)13-5/h1H,(H2,11,12,13,14). The van der Waals surface area contributed by atoms with E-state index in [4.69, 9.17) is 40.5 Å². The lowest BCUT2D eigenvalue weighted by atomic mass is 10.3. The fourth-order valence-electron chi connectivity index (χ4n) is 0.979. The summed E-state index contributed by atoms with van der Waals surface area (Å²) in [7, 11) is 0. The molecule has 0 aliphatic rings. The minimum absolute atomic E-state index is 0.0240. The van der Waals surface area contributed by atoms with Crippen molar-refractivity contribution in [2.24, 2.45) is 0 Å². The number of halogens is 3. The number of nitrogen functional groups attached to an aromatic ring is 1. The molecule has 0 aliphatic carbocycles. The summed E-state index contributed by atoms with van der Waals surface area (Å²) in [6, 6.07) is 1.65. The number of aromatic nitrogens is 3. The van der Waals surface area contributed by atoms with Crippen LogP contribution in [0.3, 0.4) is 0 Å². The van der Waals surface area contributed by atoms with Gasteiger partial charge in [0, 0.05) is 0 Å². The van der Waals surface area contributed by atoms with Gasteiger partial charge in [-0.3, -0.25) is 0 Å². The van der Waals surface area contributed by atoms with E-state index in [2.05, 4.69) is 15.0 Å². The van der Waals surface area contributed by atoms with Crippen LogP contribution < -0.4 is 5.73 Å². The second-order valence-corrected chi connectivity index (χ2v) is 5.15. The number of nitrogens with zero attached hydrogens (tertiary/aromatic N) is 3. The van der Waals surface area contributed by atoms with Crippen LogP contribution >= 0.6 is 46.1 Å². The molecule has 2 N–H and O–H groups in total. The van der Waals surface area contributed by atoms with Crippen LogP contribution in [-0.4, -0.2) is 15.0 Å². The van der Waals surface area contributed by atoms with Crippen molar-refractivity contribution in [2.45, 2.75) is 0 Å². The van der Waals surface area contributed by atoms with Crippen molar-refractivity contribution in [1.29, 1.82) is 0 Å². The molecule has 0 bridgehead atoms. The maximum absolute atomic E-state index is 5.93. The Hall–Kier alpha value is -0.620. The molecule has 0 saturated carbocycles. The summed E-state index contributed by atoms with van der Waals surface area (Å²) in [6.45, 7) is 0. The van der Waals surface area contributed by atoms with E-state index in [1.165, 1.54) is 11.3 Å². The highest BCUT2D eigenvalue weighted by Crippen LogP contribution is 2.36. The van der Waals surface area contributed by atoms with Crippen molar-refractivity contribution >= 4 is 52.1 Å². The molecule has 78 valence electrons. The molecule has 2 aromatic heterocycles. The Labute approximate surface area is 104 Å². The molecular weight excluding hydrogens is 279 g/mol. The molecule has 0 aromatic carbocycles. The zero-order valence-corrected chi connectivity index (χ0v) is 10.1. The van der Waals surface area contributed by atoms with E-state index in [0.29, 0.717) is 20.1 Å². The Balaban J connectivity index is 2.58. The molecule has 0 spiro atoms. The molecule has 2 heterocycles. The lowest BCUT2D eigenvalue weighted by molar-refractivity contribution is 1.07. The van der Waals surface area contributed by atoms with Gasteiger partial charge in [-0.2, -0.15) is 15.0 Å². The Morgan fingerprint density at radius 1 is 1.13 bits per heavy atom. The first-order valence-corrected chi connectivity index (χ1v) is 5.63. The summed E-state index contributed by atoms with van der Waals surface area (Å²) in [5.74, 6) is 0.365. The predicted molar refractivity (Wildman–Crippen MR) is 62.6 cm³/mol. The lowest BCUT2D eigenvalue weighted by Crippen LogP contribution is -1.99. The number of hydrogen-bond acceptors (Lipinski definition) is 5. The topological polar surface area (TPSA) is 64.7 Å². The maximum Gasteiger partial charge on any atom is 0.227 e. The summed E-state index contributed by atoms with van der Waals surface area (Å²) < 4.78 is 1.03. The first kappa shape index (κ1) is 10.9. The highest BCUT2D eigenvalue weighted by Gasteiger charge is 2.12. The smallest absolute Gasteiger partial charge is 0.227 e. The van der Waals surface area contributed by atoms with Gasteiger partial charge < -0.3 is 5.73 Å². The molecule has 4 nitrogen and oxygen atoms in total. The van der Waals surface area contributed by atoms with Gasteiger partial charge in [-0.15, -0.1) is 11.3 Å². The van der Waals surface area contributed by atoms with Gasteiger partial charge in [0.2, 0.25) is 11.2 Å². The average Bonchev–Trinajstić information content (AvgIpc) is 2.43. The number of hydrogen-bond donors (Lipinski definition) is 1. The molecule has 2 rings (SSSR count). The molecular formula is C7H3Cl3N4S. The van der Waals surface area contributed by atoms with Crippen LogP contribution in [0.25, 0.3) is 11.4 Å². The fraction of sp³-hybridized carbons (Fsp3) is 0. The van der Waals surface area contributed by atoms with Gasteiger partial charge in [-0.25, -0.2) is 0 Å². The highest BCUT2D eigenvalue weighted by atomic mass is 35.5. The summed E-state index contributed by atoms with van der Waals surface area (Å²) in [4.78, 5) is 11.5. The van der Waals surface area contributed by atoms with Gasteiger partial charge in [-0.1, -0.05) is 23.2 Å². The van der Waals surface area contributed by atoms with Crippen molar-refractivity contribution in [3.05, 3.63) is 20.0 Å². The van der Waals surface area contributed by atoms with Crippen LogP contribution in [0.1, 0.15) is 0 Å². The third-order valence-corrected chi connectivity index (χ3v) is 3.18. The molecule has 0 aliphatic heterocycles. The van der Waals surface area contributed by atoms with Gasteiger partial charge in [0.1, 0.15) is 4.34 Å². The van der Waals surface area contributed by atoms with Crippen molar-refractivity contribution in [3.63, 3.8) is 0 Å². The average molecular weight is 282 g/mol. The largest absolute Gasteiger partial charge is 0.368 e. The summed E-state index contributed by atoms with van der Waals surface area (Å²) in [5, 5.41) is 0.0240. The maximum atomic E-state index is 5.93. The Kier molecular flexibility index (Phi) is 2.97. The van der Waals surface area contributed by atoms with Crippen molar-refractivity contribution in [1.82, 2.24) is 15.0 Å². The van der Waals surface area contributed by atoms with E-state index in [0.717, 1.165) is 0 Å². The highest BCUT2D eigenvalue weighted by molar-refractivity contribution is 7.20. The number of rotatable bonds is 1. The van der Waals surface area contributed by atoms with Crippen molar-refractivity contribution < 1.29 is 0 Å². The van der Waals surface area contributed by atoms with Crippen LogP contribution in [0.2, 0.25) is 14.0 Å². The molecule has 0 saturated heterocycles. The van der Waals surface area contributed by atoms with E-state index in [1.807, 2.05) is 0 Å². The second kappa shape index (κ2) is 4.09. The second-order valence-electron chi connectivity index (χ2n) is 2.52. The SMILES string of the molecule is Nc1nc(Cl)nc(-c2cc(Cl)sc2Cl)n1. The minimum Gasteiger partial charge on any atom is -0.368 e. The first-order chi connectivity index (χ1) is 7.06. The van der Waals surface area contributed by atoms with E-state index in [1.54, 1.807) is 6.07 Å². The molecule has 2 aromatic rings. The Morgan fingerprint density at radius 2 is 1.87 bits per heavy atom. The van der Waals surface area contributed by atoms with Crippen LogP contribution in [0.15, 0.2) is 6.07 Å². The van der Waals surface area contributed by atoms with Crippen LogP contribution in [0.4, 0.5) is 5.95 Å². The van der Waals surface area contributed by atoms with Crippen LogP contribution in [-0.2, 0) is 0 Å². The predicted octanol–water partition coefficient (Wildman–Crippen LogP) is 3.14. The summed E-state index contributed by atoms with van der Waals surface area (Å²) in [6.07, 6.45) is 0. The Bertz CT molecular complexity index is 493. The van der Waals surface area contributed by atoms with Crippen molar-refractivity contribution in [3.8, 4) is 11.4 Å². The first-order valence-electron chi connectivity index (χ1n) is 3.68. The van der Waals surface area contributed by atoms with Gasteiger partial charge >= 0.3 is 0 Å². The van der Waals surface area contributed by atoms with E-state index in [9.17, 15) is 0 Å². The van der Waals surface area contributed by atoms with Gasteiger partial charge in [0.15, 0.2) is 5.82 Å².